The van der Waals surface area contributed by atoms with E-state index in [0.29, 0.717) is 6.42 Å². The van der Waals surface area contributed by atoms with Gasteiger partial charge in [-0.1, -0.05) is 12.1 Å². The second-order valence-corrected chi connectivity index (χ2v) is 3.00. The van der Waals surface area contributed by atoms with Crippen molar-refractivity contribution in [3.8, 4) is 5.75 Å². The van der Waals surface area contributed by atoms with Crippen LogP contribution < -0.4 is 5.73 Å². The fraction of sp³-hybridized carbons (Fsp3) is 0.300. The lowest BCUT2D eigenvalue weighted by atomic mass is 10.1. The van der Waals surface area contributed by atoms with Gasteiger partial charge in [-0.2, -0.15) is 0 Å². The highest BCUT2D eigenvalue weighted by atomic mass is 35.5. The lowest BCUT2D eigenvalue weighted by Crippen LogP contribution is -2.33. The molecule has 0 fully saturated rings. The third kappa shape index (κ3) is 4.18. The summed E-state index contributed by atoms with van der Waals surface area (Å²) in [6.45, 7) is 0. The quantitative estimate of drug-likeness (QED) is 0.757. The van der Waals surface area contributed by atoms with E-state index in [0.717, 1.165) is 5.56 Å². The van der Waals surface area contributed by atoms with E-state index in [4.69, 9.17) is 10.8 Å². The molecule has 0 heterocycles. The molecule has 1 aromatic carbocycles. The van der Waals surface area contributed by atoms with Gasteiger partial charge in [0.25, 0.3) is 0 Å². The van der Waals surface area contributed by atoms with Crippen LogP contribution >= 0.6 is 12.4 Å². The number of phenols is 1. The molecule has 0 aliphatic heterocycles. The average molecular weight is 232 g/mol. The van der Waals surface area contributed by atoms with E-state index < -0.39 is 12.0 Å². The zero-order valence-corrected chi connectivity index (χ0v) is 9.16. The zero-order valence-electron chi connectivity index (χ0n) is 8.34. The molecule has 1 rings (SSSR count). The third-order valence-corrected chi connectivity index (χ3v) is 1.90. The Morgan fingerprint density at radius 2 is 2.00 bits per heavy atom. The van der Waals surface area contributed by atoms with E-state index in [9.17, 15) is 4.79 Å². The first kappa shape index (κ1) is 13.7. The Balaban J connectivity index is 0.00000196. The van der Waals surface area contributed by atoms with E-state index in [2.05, 4.69) is 4.74 Å². The molecule has 84 valence electrons. The van der Waals surface area contributed by atoms with Gasteiger partial charge in [-0.25, -0.2) is 0 Å². The Hall–Kier alpha value is -1.26. The van der Waals surface area contributed by atoms with Gasteiger partial charge in [-0.15, -0.1) is 12.4 Å². The normalized spacial score (nSPS) is 11.3. The maximum absolute atomic E-state index is 11.0. The van der Waals surface area contributed by atoms with Crippen molar-refractivity contribution in [2.24, 2.45) is 5.73 Å². The van der Waals surface area contributed by atoms with E-state index in [1.807, 2.05) is 0 Å². The number of carbonyl (C=O) groups excluding carboxylic acids is 1. The number of hydrogen-bond donors (Lipinski definition) is 2. The Labute approximate surface area is 94.5 Å². The number of aromatic hydroxyl groups is 1. The first-order valence-electron chi connectivity index (χ1n) is 4.25. The lowest BCUT2D eigenvalue weighted by molar-refractivity contribution is -0.142. The molecule has 0 saturated carbocycles. The molecule has 0 aliphatic rings. The number of ether oxygens (including phenoxy) is 1. The fourth-order valence-corrected chi connectivity index (χ4v) is 1.12. The monoisotopic (exact) mass is 231 g/mol. The second-order valence-electron chi connectivity index (χ2n) is 3.00. The molecular formula is C10H14ClNO3. The number of nitrogens with two attached hydrogens (primary N) is 1. The molecule has 1 atom stereocenters. The number of carbonyl (C=O) groups is 1. The molecule has 15 heavy (non-hydrogen) atoms. The molecule has 3 N–H and O–H groups in total. The van der Waals surface area contributed by atoms with Crippen LogP contribution in [0.25, 0.3) is 0 Å². The van der Waals surface area contributed by atoms with E-state index in [-0.39, 0.29) is 18.2 Å². The minimum absolute atomic E-state index is 0. The van der Waals surface area contributed by atoms with Gasteiger partial charge in [0.05, 0.1) is 7.11 Å². The van der Waals surface area contributed by atoms with Gasteiger partial charge in [-0.3, -0.25) is 4.79 Å². The molecule has 0 unspecified atom stereocenters. The van der Waals surface area contributed by atoms with Crippen LogP contribution in [0.2, 0.25) is 0 Å². The van der Waals surface area contributed by atoms with Crippen molar-refractivity contribution in [2.45, 2.75) is 12.5 Å². The number of halogens is 1. The van der Waals surface area contributed by atoms with Crippen molar-refractivity contribution in [1.82, 2.24) is 0 Å². The molecule has 0 spiro atoms. The van der Waals surface area contributed by atoms with Gasteiger partial charge in [0.2, 0.25) is 0 Å². The Kier molecular flexibility index (Phi) is 5.74. The summed E-state index contributed by atoms with van der Waals surface area (Å²) in [5.74, 6) is -0.238. The zero-order chi connectivity index (χ0) is 10.6. The molecule has 1 aromatic rings. The number of rotatable bonds is 3. The topological polar surface area (TPSA) is 72.5 Å². The van der Waals surface area contributed by atoms with Gasteiger partial charge in [-0.05, 0) is 24.1 Å². The van der Waals surface area contributed by atoms with Gasteiger partial charge in [0.15, 0.2) is 0 Å². The van der Waals surface area contributed by atoms with Gasteiger partial charge in [0.1, 0.15) is 11.8 Å². The van der Waals surface area contributed by atoms with Crippen LogP contribution in [-0.4, -0.2) is 24.2 Å². The van der Waals surface area contributed by atoms with Gasteiger partial charge < -0.3 is 15.6 Å². The number of methoxy groups -OCH3 is 1. The Morgan fingerprint density at radius 1 is 1.47 bits per heavy atom. The highest BCUT2D eigenvalue weighted by Gasteiger charge is 2.13. The van der Waals surface area contributed by atoms with Crippen LogP contribution in [0.1, 0.15) is 5.56 Å². The van der Waals surface area contributed by atoms with Crippen LogP contribution in [0.3, 0.4) is 0 Å². The highest BCUT2D eigenvalue weighted by Crippen LogP contribution is 2.10. The molecule has 0 aromatic heterocycles. The first-order valence-corrected chi connectivity index (χ1v) is 4.25. The number of esters is 1. The molecule has 0 amide bonds. The number of hydrogen-bond acceptors (Lipinski definition) is 4. The van der Waals surface area contributed by atoms with Crippen molar-refractivity contribution in [2.75, 3.05) is 7.11 Å². The molecule has 4 nitrogen and oxygen atoms in total. The molecule has 0 bridgehead atoms. The fourth-order valence-electron chi connectivity index (χ4n) is 1.12. The number of phenolic OH excluding ortho intramolecular Hbond substituents is 1. The SMILES string of the molecule is COC(=O)[C@@H](N)Cc1ccc(O)cc1.Cl. The van der Waals surface area contributed by atoms with Crippen molar-refractivity contribution < 1.29 is 14.6 Å². The van der Waals surface area contributed by atoms with E-state index in [1.165, 1.54) is 7.11 Å². The summed E-state index contributed by atoms with van der Waals surface area (Å²) < 4.78 is 4.49. The first-order chi connectivity index (χ1) is 6.63. The van der Waals surface area contributed by atoms with Crippen LogP contribution in [0.4, 0.5) is 0 Å². The minimum Gasteiger partial charge on any atom is -0.508 e. The van der Waals surface area contributed by atoms with Gasteiger partial charge >= 0.3 is 5.97 Å². The maximum Gasteiger partial charge on any atom is 0.322 e. The standard InChI is InChI=1S/C10H13NO3.ClH/c1-14-10(13)9(11)6-7-2-4-8(12)5-3-7;/h2-5,9,12H,6,11H2,1H3;1H/t9-;/m0./s1. The summed E-state index contributed by atoms with van der Waals surface area (Å²) in [5, 5.41) is 9.02. The lowest BCUT2D eigenvalue weighted by Gasteiger charge is -2.08. The molecule has 5 heteroatoms. The average Bonchev–Trinajstić information content (AvgIpc) is 2.20. The largest absolute Gasteiger partial charge is 0.508 e. The van der Waals surface area contributed by atoms with E-state index in [1.54, 1.807) is 24.3 Å². The molecule has 0 aliphatic carbocycles. The molecule has 0 radical (unpaired) electrons. The Bertz CT molecular complexity index is 313. The summed E-state index contributed by atoms with van der Waals surface area (Å²) in [5.41, 5.74) is 6.45. The predicted molar refractivity (Wildman–Crippen MR) is 59.1 cm³/mol. The molecular weight excluding hydrogens is 218 g/mol. The predicted octanol–water partition coefficient (Wildman–Crippen LogP) is 0.857. The van der Waals surface area contributed by atoms with Crippen molar-refractivity contribution >= 4 is 18.4 Å². The second kappa shape index (κ2) is 6.27. The third-order valence-electron chi connectivity index (χ3n) is 1.90. The van der Waals surface area contributed by atoms with Crippen LogP contribution in [0.15, 0.2) is 24.3 Å². The minimum atomic E-state index is -0.649. The van der Waals surface area contributed by atoms with Crippen LogP contribution in [0.5, 0.6) is 5.75 Å². The summed E-state index contributed by atoms with van der Waals surface area (Å²) in [6.07, 6.45) is 0.410. The molecule has 0 saturated heterocycles. The van der Waals surface area contributed by atoms with Crippen molar-refractivity contribution in [3.05, 3.63) is 29.8 Å². The summed E-state index contributed by atoms with van der Waals surface area (Å²) in [6, 6.07) is 5.90. The maximum atomic E-state index is 11.0. The van der Waals surface area contributed by atoms with Crippen molar-refractivity contribution in [1.29, 1.82) is 0 Å². The smallest absolute Gasteiger partial charge is 0.322 e. The summed E-state index contributed by atoms with van der Waals surface area (Å²) >= 11 is 0. The summed E-state index contributed by atoms with van der Waals surface area (Å²) in [7, 11) is 1.30. The van der Waals surface area contributed by atoms with Crippen LogP contribution in [-0.2, 0) is 16.0 Å². The summed E-state index contributed by atoms with van der Waals surface area (Å²) in [4.78, 5) is 11.0. The number of benzene rings is 1. The van der Waals surface area contributed by atoms with Crippen LogP contribution in [0, 0.1) is 0 Å². The van der Waals surface area contributed by atoms with Crippen molar-refractivity contribution in [3.63, 3.8) is 0 Å². The van der Waals surface area contributed by atoms with E-state index >= 15 is 0 Å². The Morgan fingerprint density at radius 3 is 2.47 bits per heavy atom. The van der Waals surface area contributed by atoms with Gasteiger partial charge in [0, 0.05) is 0 Å². The highest BCUT2D eigenvalue weighted by molar-refractivity contribution is 5.85.